The molecule has 69 heavy (non-hydrogen) atoms. The van der Waals surface area contributed by atoms with Crippen molar-refractivity contribution in [3.05, 3.63) is 237 Å². The lowest BCUT2D eigenvalue weighted by atomic mass is 9.99. The summed E-state index contributed by atoms with van der Waals surface area (Å²) in [5, 5.41) is 7.33. The average molecular weight is 898 g/mol. The number of aromatic nitrogens is 5. The van der Waals surface area contributed by atoms with Crippen molar-refractivity contribution in [2.75, 3.05) is 0 Å². The number of rotatable bonds is 7. The Labute approximate surface area is 401 Å². The number of hydrogen-bond donors (Lipinski definition) is 0. The molecule has 0 radical (unpaired) electrons. The number of thiophene rings is 1. The van der Waals surface area contributed by atoms with Gasteiger partial charge in [0.2, 0.25) is 0 Å². The minimum absolute atomic E-state index is 0.607. The number of benzene rings is 10. The van der Waals surface area contributed by atoms with Gasteiger partial charge in [0.25, 0.3) is 0 Å². The summed E-state index contributed by atoms with van der Waals surface area (Å²) in [4.78, 5) is 15.9. The van der Waals surface area contributed by atoms with Crippen LogP contribution in [0, 0.1) is 0 Å². The van der Waals surface area contributed by atoms with Crippen LogP contribution in [0.15, 0.2) is 237 Å². The van der Waals surface area contributed by atoms with Crippen molar-refractivity contribution in [2.45, 2.75) is 0 Å². The third-order valence-corrected chi connectivity index (χ3v) is 14.8. The zero-order valence-corrected chi connectivity index (χ0v) is 38.0. The highest BCUT2D eigenvalue weighted by molar-refractivity contribution is 7.27. The quantitative estimate of drug-likeness (QED) is 0.160. The average Bonchev–Trinajstić information content (AvgIpc) is 4.10. The summed E-state index contributed by atoms with van der Waals surface area (Å²) >= 11 is 1.89. The molecule has 10 aromatic carbocycles. The minimum Gasteiger partial charge on any atom is -0.307 e. The molecule has 6 heteroatoms. The van der Waals surface area contributed by atoms with Crippen molar-refractivity contribution < 1.29 is 0 Å². The van der Waals surface area contributed by atoms with E-state index in [9.17, 15) is 0 Å². The molecule has 14 aromatic rings. The van der Waals surface area contributed by atoms with E-state index in [0.717, 1.165) is 50.2 Å². The molecule has 0 atom stereocenters. The van der Waals surface area contributed by atoms with Crippen LogP contribution in [-0.4, -0.2) is 24.1 Å². The van der Waals surface area contributed by atoms with Gasteiger partial charge in [-0.05, 0) is 47.0 Å². The highest BCUT2D eigenvalue weighted by Crippen LogP contribution is 2.48. The molecule has 322 valence electrons. The van der Waals surface area contributed by atoms with E-state index in [1.54, 1.807) is 0 Å². The molecule has 0 saturated heterocycles. The summed E-state index contributed by atoms with van der Waals surface area (Å²) in [6, 6.07) is 84.2. The van der Waals surface area contributed by atoms with Crippen LogP contribution in [0.3, 0.4) is 0 Å². The van der Waals surface area contributed by atoms with Crippen molar-refractivity contribution in [3.63, 3.8) is 0 Å². The van der Waals surface area contributed by atoms with Crippen LogP contribution in [0.4, 0.5) is 0 Å². The molecule has 4 aromatic heterocycles. The maximum Gasteiger partial charge on any atom is 0.166 e. The van der Waals surface area contributed by atoms with Crippen LogP contribution in [0.1, 0.15) is 0 Å². The summed E-state index contributed by atoms with van der Waals surface area (Å²) in [5.74, 6) is 1.85. The molecule has 0 N–H and O–H groups in total. The minimum atomic E-state index is 0.607. The second-order valence-corrected chi connectivity index (χ2v) is 18.5. The number of fused-ring (bicyclic) bond motifs is 11. The molecule has 5 nitrogen and oxygen atoms in total. The fraction of sp³-hybridized carbons (Fsp3) is 0. The molecular formula is C63H39N5S. The number of nitrogens with zero attached hydrogens (tertiary/aromatic N) is 5. The van der Waals surface area contributed by atoms with Crippen molar-refractivity contribution >= 4 is 75.1 Å². The van der Waals surface area contributed by atoms with E-state index in [4.69, 9.17) is 15.0 Å². The Morgan fingerprint density at radius 3 is 1.20 bits per heavy atom. The highest BCUT2D eigenvalue weighted by Gasteiger charge is 2.25. The van der Waals surface area contributed by atoms with Crippen LogP contribution < -0.4 is 0 Å². The van der Waals surface area contributed by atoms with Gasteiger partial charge in [-0.2, -0.15) is 0 Å². The predicted molar refractivity (Wildman–Crippen MR) is 289 cm³/mol. The third kappa shape index (κ3) is 6.20. The van der Waals surface area contributed by atoms with E-state index in [0.29, 0.717) is 17.5 Å². The lowest BCUT2D eigenvalue weighted by Crippen LogP contribution is -2.04. The number of para-hydroxylation sites is 4. The molecule has 4 heterocycles. The van der Waals surface area contributed by atoms with Crippen molar-refractivity contribution in [1.29, 1.82) is 0 Å². The molecule has 0 saturated carbocycles. The topological polar surface area (TPSA) is 48.5 Å². The zero-order valence-electron chi connectivity index (χ0n) is 37.2. The smallest absolute Gasteiger partial charge is 0.166 e. The predicted octanol–water partition coefficient (Wildman–Crippen LogP) is 16.8. The fourth-order valence-electron chi connectivity index (χ4n) is 10.6. The summed E-state index contributed by atoms with van der Waals surface area (Å²) in [6.07, 6.45) is 0. The van der Waals surface area contributed by atoms with Crippen molar-refractivity contribution in [1.82, 2.24) is 24.1 Å². The van der Waals surface area contributed by atoms with Gasteiger partial charge in [0.05, 0.1) is 42.8 Å². The van der Waals surface area contributed by atoms with E-state index in [2.05, 4.69) is 221 Å². The van der Waals surface area contributed by atoms with Crippen LogP contribution in [-0.2, 0) is 0 Å². The fourth-order valence-corrected chi connectivity index (χ4v) is 11.9. The normalized spacial score (nSPS) is 11.8. The van der Waals surface area contributed by atoms with Crippen LogP contribution in [0.5, 0.6) is 0 Å². The Hall–Kier alpha value is -8.97. The molecule has 14 rings (SSSR count). The Morgan fingerprint density at radius 2 is 0.638 bits per heavy atom. The van der Waals surface area contributed by atoms with Gasteiger partial charge in [0.15, 0.2) is 17.5 Å². The van der Waals surface area contributed by atoms with Gasteiger partial charge in [0.1, 0.15) is 0 Å². The maximum absolute atomic E-state index is 5.40. The molecule has 0 unspecified atom stereocenters. The molecule has 0 spiro atoms. The van der Waals surface area contributed by atoms with E-state index >= 15 is 0 Å². The van der Waals surface area contributed by atoms with E-state index in [1.165, 1.54) is 63.9 Å². The van der Waals surface area contributed by atoms with Gasteiger partial charge < -0.3 is 9.13 Å². The number of hydrogen-bond acceptors (Lipinski definition) is 4. The second-order valence-electron chi connectivity index (χ2n) is 17.5. The Morgan fingerprint density at radius 1 is 0.261 bits per heavy atom. The zero-order chi connectivity index (χ0) is 45.4. The molecule has 0 bridgehead atoms. The Kier molecular flexibility index (Phi) is 9.00. The van der Waals surface area contributed by atoms with Gasteiger partial charge in [-0.15, -0.1) is 11.3 Å². The lowest BCUT2D eigenvalue weighted by molar-refractivity contribution is 1.07. The maximum atomic E-state index is 5.40. The van der Waals surface area contributed by atoms with Gasteiger partial charge >= 0.3 is 0 Å². The first kappa shape index (κ1) is 39.2. The van der Waals surface area contributed by atoms with E-state index < -0.39 is 0 Å². The van der Waals surface area contributed by atoms with E-state index in [1.807, 2.05) is 35.6 Å². The molecule has 0 aliphatic carbocycles. The molecule has 0 aliphatic rings. The molecule has 0 aliphatic heterocycles. The van der Waals surface area contributed by atoms with Crippen molar-refractivity contribution in [2.24, 2.45) is 0 Å². The summed E-state index contributed by atoms with van der Waals surface area (Å²) in [6.45, 7) is 0. The Balaban J connectivity index is 1.05. The second kappa shape index (κ2) is 15.8. The van der Waals surface area contributed by atoms with Gasteiger partial charge in [-0.25, -0.2) is 15.0 Å². The van der Waals surface area contributed by atoms with Crippen molar-refractivity contribution in [3.8, 4) is 67.8 Å². The van der Waals surface area contributed by atoms with Gasteiger partial charge in [-0.1, -0.05) is 206 Å². The highest BCUT2D eigenvalue weighted by atomic mass is 32.1. The van der Waals surface area contributed by atoms with Gasteiger partial charge in [-0.3, -0.25) is 0 Å². The standard InChI is InChI=1S/C63H39N5S/c1-4-20-40(21-5-1)43-26-10-11-30-51(43)62-64-61(42-24-8-3-9-25-42)65-63(66-62)52-31-15-19-35-56(52)68-55-34-18-14-29-46(55)48-37-39-50-49-38-36-47-45-28-13-17-33-54(45)67(57(47)59(49)69-60(50)58(48)68)53-32-16-12-27-44(53)41-22-6-2-7-23-41/h1-39H. The molecule has 0 amide bonds. The van der Waals surface area contributed by atoms with Crippen LogP contribution >= 0.6 is 11.3 Å². The first-order valence-corrected chi connectivity index (χ1v) is 24.1. The van der Waals surface area contributed by atoms with Gasteiger partial charge in [0, 0.05) is 54.6 Å². The third-order valence-electron chi connectivity index (χ3n) is 13.6. The molecule has 0 fully saturated rings. The summed E-state index contributed by atoms with van der Waals surface area (Å²) in [5.41, 5.74) is 14.2. The lowest BCUT2D eigenvalue weighted by Gasteiger charge is -2.15. The largest absolute Gasteiger partial charge is 0.307 e. The SMILES string of the molecule is c1ccc(-c2nc(-c3ccccc3-c3ccccc3)nc(-c3ccccc3-n3c4ccccc4c4ccc5c6ccc7c8ccccc8n(-c8ccccc8-c8ccccc8)c7c6sc5c43)n2)cc1. The monoisotopic (exact) mass is 897 g/mol. The Bertz CT molecular complexity index is 4300. The van der Waals surface area contributed by atoms with E-state index in [-0.39, 0.29) is 0 Å². The summed E-state index contributed by atoms with van der Waals surface area (Å²) in [7, 11) is 0. The van der Waals surface area contributed by atoms with Crippen LogP contribution in [0.2, 0.25) is 0 Å². The first-order chi connectivity index (χ1) is 34.3. The van der Waals surface area contributed by atoms with Crippen LogP contribution in [0.25, 0.3) is 132 Å². The summed E-state index contributed by atoms with van der Waals surface area (Å²) < 4.78 is 7.45. The molecular weight excluding hydrogens is 859 g/mol. The first-order valence-electron chi connectivity index (χ1n) is 23.3.